The predicted molar refractivity (Wildman–Crippen MR) is 55.1 cm³/mol. The summed E-state index contributed by atoms with van der Waals surface area (Å²) in [6, 6.07) is 6.47. The summed E-state index contributed by atoms with van der Waals surface area (Å²) in [4.78, 5) is 0. The van der Waals surface area contributed by atoms with Crippen molar-refractivity contribution in [3.8, 4) is 11.3 Å². The first kappa shape index (κ1) is 10.4. The van der Waals surface area contributed by atoms with E-state index >= 15 is 0 Å². The predicted octanol–water partition coefficient (Wildman–Crippen LogP) is 2.51. The molecule has 0 radical (unpaired) electrons. The smallest absolute Gasteiger partial charge is 0.168 e. The quantitative estimate of drug-likeness (QED) is 0.605. The molecule has 2 rings (SSSR count). The molecule has 0 saturated heterocycles. The molecule has 0 aliphatic heterocycles. The third-order valence-corrected chi connectivity index (χ3v) is 2.08. The topological polar surface area (TPSA) is 63.0 Å². The number of hydrogen-bond donors (Lipinski definition) is 2. The lowest BCUT2D eigenvalue weighted by Gasteiger charge is -1.98. The van der Waals surface area contributed by atoms with Gasteiger partial charge in [-0.15, -0.1) is 0 Å². The monoisotopic (exact) mass is 222 g/mol. The molecule has 3 N–H and O–H groups in total. The van der Waals surface area contributed by atoms with Crippen LogP contribution < -0.4 is 5.73 Å². The molecular formula is C11H8F2N2O. The molecule has 16 heavy (non-hydrogen) atoms. The molecule has 0 fully saturated rings. The average molecular weight is 222 g/mol. The summed E-state index contributed by atoms with van der Waals surface area (Å²) >= 11 is 0. The van der Waals surface area contributed by atoms with Crippen LogP contribution in [0.25, 0.3) is 11.3 Å². The van der Waals surface area contributed by atoms with Gasteiger partial charge in [0, 0.05) is 5.56 Å². The zero-order valence-electron chi connectivity index (χ0n) is 8.13. The Morgan fingerprint density at radius 3 is 2.44 bits per heavy atom. The van der Waals surface area contributed by atoms with E-state index in [0.717, 1.165) is 12.1 Å². The largest absolute Gasteiger partial charge is 0.453 e. The van der Waals surface area contributed by atoms with Gasteiger partial charge in [-0.3, -0.25) is 5.41 Å². The Labute approximate surface area is 90.0 Å². The lowest BCUT2D eigenvalue weighted by atomic mass is 10.1. The fraction of sp³-hybridized carbons (Fsp3) is 0. The number of hydrogen-bond acceptors (Lipinski definition) is 2. The average Bonchev–Trinajstić information content (AvgIpc) is 2.71. The Bertz CT molecular complexity index is 549. The molecule has 1 aromatic carbocycles. The summed E-state index contributed by atoms with van der Waals surface area (Å²) in [5, 5.41) is 7.14. The van der Waals surface area contributed by atoms with Crippen LogP contribution in [0, 0.1) is 17.0 Å². The van der Waals surface area contributed by atoms with Crippen LogP contribution in [0.2, 0.25) is 0 Å². The van der Waals surface area contributed by atoms with Crippen LogP contribution in [0.15, 0.2) is 34.7 Å². The Balaban J connectivity index is 2.42. The summed E-state index contributed by atoms with van der Waals surface area (Å²) in [5.41, 5.74) is 5.61. The molecule has 0 amide bonds. The Hall–Kier alpha value is -2.17. The number of nitrogens with two attached hydrogens (primary N) is 1. The maximum absolute atomic E-state index is 12.9. The first-order chi connectivity index (χ1) is 7.58. The molecule has 5 heteroatoms. The minimum absolute atomic E-state index is 0.194. The van der Waals surface area contributed by atoms with Crippen molar-refractivity contribution in [2.75, 3.05) is 0 Å². The van der Waals surface area contributed by atoms with Crippen LogP contribution in [0.4, 0.5) is 8.78 Å². The highest BCUT2D eigenvalue weighted by atomic mass is 19.2. The van der Waals surface area contributed by atoms with Gasteiger partial charge in [0.2, 0.25) is 0 Å². The van der Waals surface area contributed by atoms with E-state index in [1.807, 2.05) is 0 Å². The van der Waals surface area contributed by atoms with Crippen molar-refractivity contribution in [2.45, 2.75) is 0 Å². The Kier molecular flexibility index (Phi) is 2.44. The van der Waals surface area contributed by atoms with Gasteiger partial charge in [0.1, 0.15) is 5.76 Å². The normalized spacial score (nSPS) is 10.4. The van der Waals surface area contributed by atoms with E-state index in [-0.39, 0.29) is 11.6 Å². The minimum atomic E-state index is -0.946. The highest BCUT2D eigenvalue weighted by Gasteiger charge is 2.09. The summed E-state index contributed by atoms with van der Waals surface area (Å²) in [6.07, 6.45) is 0. The Morgan fingerprint density at radius 2 is 1.88 bits per heavy atom. The van der Waals surface area contributed by atoms with Gasteiger partial charge in [0.25, 0.3) is 0 Å². The van der Waals surface area contributed by atoms with Crippen molar-refractivity contribution >= 4 is 5.84 Å². The first-order valence-electron chi connectivity index (χ1n) is 4.47. The molecule has 0 spiro atoms. The molecular weight excluding hydrogens is 214 g/mol. The van der Waals surface area contributed by atoms with Gasteiger partial charge < -0.3 is 10.2 Å². The lowest BCUT2D eigenvalue weighted by molar-refractivity contribution is 0.507. The highest BCUT2D eigenvalue weighted by Crippen LogP contribution is 2.23. The summed E-state index contributed by atoms with van der Waals surface area (Å²) in [6.45, 7) is 0. The third-order valence-electron chi connectivity index (χ3n) is 2.08. The fourth-order valence-corrected chi connectivity index (χ4v) is 1.29. The summed E-state index contributed by atoms with van der Waals surface area (Å²) in [5.74, 6) is -1.54. The van der Waals surface area contributed by atoms with Crippen molar-refractivity contribution in [3.63, 3.8) is 0 Å². The summed E-state index contributed by atoms with van der Waals surface area (Å²) < 4.78 is 30.8. The maximum atomic E-state index is 12.9. The number of rotatable bonds is 2. The van der Waals surface area contributed by atoms with E-state index < -0.39 is 11.6 Å². The number of halogens is 2. The number of amidine groups is 1. The molecule has 1 aromatic heterocycles. The van der Waals surface area contributed by atoms with Gasteiger partial charge in [0.05, 0.1) is 0 Å². The minimum Gasteiger partial charge on any atom is -0.453 e. The van der Waals surface area contributed by atoms with Crippen molar-refractivity contribution in [3.05, 3.63) is 47.7 Å². The SMILES string of the molecule is N=C(N)c1ccc(-c2ccc(F)c(F)c2)o1. The molecule has 3 nitrogen and oxygen atoms in total. The van der Waals surface area contributed by atoms with Gasteiger partial charge in [0.15, 0.2) is 23.2 Å². The zero-order valence-corrected chi connectivity index (χ0v) is 8.13. The van der Waals surface area contributed by atoms with Gasteiger partial charge in [-0.05, 0) is 30.3 Å². The van der Waals surface area contributed by atoms with Crippen LogP contribution in [0.3, 0.4) is 0 Å². The van der Waals surface area contributed by atoms with E-state index in [2.05, 4.69) is 0 Å². The number of nitrogen functional groups attached to an aromatic ring is 1. The van der Waals surface area contributed by atoms with Gasteiger partial charge in [-0.1, -0.05) is 0 Å². The molecule has 0 atom stereocenters. The molecule has 2 aromatic rings. The van der Waals surface area contributed by atoms with Crippen LogP contribution in [-0.4, -0.2) is 5.84 Å². The van der Waals surface area contributed by atoms with E-state index in [1.54, 1.807) is 6.07 Å². The molecule has 0 bridgehead atoms. The lowest BCUT2D eigenvalue weighted by Crippen LogP contribution is -2.09. The summed E-state index contributed by atoms with van der Waals surface area (Å²) in [7, 11) is 0. The molecule has 0 aliphatic carbocycles. The molecule has 1 heterocycles. The first-order valence-corrected chi connectivity index (χ1v) is 4.47. The highest BCUT2D eigenvalue weighted by molar-refractivity contribution is 5.92. The molecule has 0 aliphatic rings. The zero-order chi connectivity index (χ0) is 11.7. The van der Waals surface area contributed by atoms with Crippen molar-refractivity contribution in [1.82, 2.24) is 0 Å². The molecule has 0 unspecified atom stereocenters. The number of furan rings is 1. The van der Waals surface area contributed by atoms with Crippen molar-refractivity contribution in [2.24, 2.45) is 5.73 Å². The van der Waals surface area contributed by atoms with Crippen LogP contribution in [0.5, 0.6) is 0 Å². The maximum Gasteiger partial charge on any atom is 0.168 e. The van der Waals surface area contributed by atoms with Crippen LogP contribution in [-0.2, 0) is 0 Å². The van der Waals surface area contributed by atoms with E-state index in [0.29, 0.717) is 11.3 Å². The van der Waals surface area contributed by atoms with Gasteiger partial charge in [-0.2, -0.15) is 0 Å². The Morgan fingerprint density at radius 1 is 1.12 bits per heavy atom. The van der Waals surface area contributed by atoms with E-state index in [1.165, 1.54) is 12.1 Å². The standard InChI is InChI=1S/C11H8F2N2O/c12-7-2-1-6(5-8(7)13)9-3-4-10(16-9)11(14)15/h1-5H,(H3,14,15). The van der Waals surface area contributed by atoms with Crippen LogP contribution >= 0.6 is 0 Å². The number of benzene rings is 1. The van der Waals surface area contributed by atoms with Crippen molar-refractivity contribution in [1.29, 1.82) is 5.41 Å². The van der Waals surface area contributed by atoms with E-state index in [4.69, 9.17) is 15.6 Å². The fourth-order valence-electron chi connectivity index (χ4n) is 1.29. The second kappa shape index (κ2) is 3.77. The second-order valence-electron chi connectivity index (χ2n) is 3.21. The van der Waals surface area contributed by atoms with Gasteiger partial charge in [-0.25, -0.2) is 8.78 Å². The van der Waals surface area contributed by atoms with E-state index in [9.17, 15) is 8.78 Å². The van der Waals surface area contributed by atoms with Gasteiger partial charge >= 0.3 is 0 Å². The third kappa shape index (κ3) is 1.79. The molecule has 82 valence electrons. The second-order valence-corrected chi connectivity index (χ2v) is 3.21. The molecule has 0 saturated carbocycles. The van der Waals surface area contributed by atoms with Crippen molar-refractivity contribution < 1.29 is 13.2 Å². The number of nitrogens with one attached hydrogen (secondary N) is 1. The van der Waals surface area contributed by atoms with Crippen LogP contribution in [0.1, 0.15) is 5.76 Å².